The molecule has 0 radical (unpaired) electrons. The molecule has 7 heteroatoms. The number of nitrogens with one attached hydrogen (secondary N) is 1. The molecule has 2 heterocycles. The summed E-state index contributed by atoms with van der Waals surface area (Å²) in [5.74, 6) is 0.425. The van der Waals surface area contributed by atoms with Crippen molar-refractivity contribution in [3.63, 3.8) is 0 Å². The maximum absolute atomic E-state index is 11.6. The van der Waals surface area contributed by atoms with Crippen molar-refractivity contribution in [2.24, 2.45) is 5.73 Å². The molecular formula is C14H21N5OS. The number of hydrogen-bond donors (Lipinski definition) is 2. The molecule has 114 valence electrons. The highest BCUT2D eigenvalue weighted by Crippen LogP contribution is 2.21. The molecule has 0 aliphatic heterocycles. The fourth-order valence-corrected chi connectivity index (χ4v) is 3.05. The lowest BCUT2D eigenvalue weighted by atomic mass is 9.98. The molecule has 0 spiro atoms. The molecule has 0 saturated carbocycles. The van der Waals surface area contributed by atoms with Crippen LogP contribution >= 0.6 is 11.8 Å². The lowest BCUT2D eigenvalue weighted by Gasteiger charge is -2.27. The van der Waals surface area contributed by atoms with Crippen LogP contribution in [0.1, 0.15) is 26.7 Å². The van der Waals surface area contributed by atoms with E-state index in [-0.39, 0.29) is 5.91 Å². The van der Waals surface area contributed by atoms with Crippen LogP contribution < -0.4 is 11.1 Å². The van der Waals surface area contributed by atoms with E-state index in [0.29, 0.717) is 6.42 Å². The molecule has 0 bridgehead atoms. The average molecular weight is 307 g/mol. The van der Waals surface area contributed by atoms with Crippen molar-refractivity contribution in [2.45, 2.75) is 37.4 Å². The fourth-order valence-electron chi connectivity index (χ4n) is 1.96. The lowest BCUT2D eigenvalue weighted by Crippen LogP contribution is -2.53. The number of hydrogen-bond acceptors (Lipinski definition) is 5. The van der Waals surface area contributed by atoms with Gasteiger partial charge in [0.2, 0.25) is 5.91 Å². The summed E-state index contributed by atoms with van der Waals surface area (Å²) < 4.78 is 1.94. The standard InChI is InChI=1S/C14H21N5OS/c1-3-8-16-14(2,12(15)20)7-10-21-13-18-17-11-6-4-5-9-19(11)13/h4-6,9,16H,3,7-8,10H2,1-2H3,(H2,15,20). The maximum Gasteiger partial charge on any atom is 0.237 e. The van der Waals surface area contributed by atoms with Gasteiger partial charge in [0.05, 0.1) is 5.54 Å². The van der Waals surface area contributed by atoms with Gasteiger partial charge in [-0.25, -0.2) is 0 Å². The number of fused-ring (bicyclic) bond motifs is 1. The van der Waals surface area contributed by atoms with Crippen LogP contribution in [0.25, 0.3) is 5.65 Å². The van der Waals surface area contributed by atoms with Crippen molar-refractivity contribution in [3.8, 4) is 0 Å². The van der Waals surface area contributed by atoms with Gasteiger partial charge in [0, 0.05) is 11.9 Å². The molecule has 6 nitrogen and oxygen atoms in total. The van der Waals surface area contributed by atoms with Gasteiger partial charge in [-0.1, -0.05) is 24.8 Å². The monoisotopic (exact) mass is 307 g/mol. The van der Waals surface area contributed by atoms with Gasteiger partial charge in [0.25, 0.3) is 0 Å². The Kier molecular flexibility index (Phi) is 5.19. The third-order valence-electron chi connectivity index (χ3n) is 3.42. The number of rotatable bonds is 8. The quantitative estimate of drug-likeness (QED) is 0.721. The third-order valence-corrected chi connectivity index (χ3v) is 4.37. The van der Waals surface area contributed by atoms with Crippen LogP contribution in [0.15, 0.2) is 29.6 Å². The summed E-state index contributed by atoms with van der Waals surface area (Å²) in [4.78, 5) is 11.6. The summed E-state index contributed by atoms with van der Waals surface area (Å²) in [6, 6.07) is 5.78. The Hall–Kier alpha value is -1.60. The van der Waals surface area contributed by atoms with Crippen molar-refractivity contribution in [3.05, 3.63) is 24.4 Å². The molecule has 21 heavy (non-hydrogen) atoms. The summed E-state index contributed by atoms with van der Waals surface area (Å²) in [5, 5.41) is 12.3. The molecule has 1 unspecified atom stereocenters. The van der Waals surface area contributed by atoms with Crippen LogP contribution in [0.3, 0.4) is 0 Å². The fraction of sp³-hybridized carbons (Fsp3) is 0.500. The van der Waals surface area contributed by atoms with Crippen LogP contribution in [0.2, 0.25) is 0 Å². The van der Waals surface area contributed by atoms with E-state index in [1.54, 1.807) is 11.8 Å². The van der Waals surface area contributed by atoms with E-state index in [0.717, 1.165) is 29.5 Å². The van der Waals surface area contributed by atoms with Crippen molar-refractivity contribution < 1.29 is 4.79 Å². The van der Waals surface area contributed by atoms with Gasteiger partial charge in [-0.15, -0.1) is 10.2 Å². The summed E-state index contributed by atoms with van der Waals surface area (Å²) in [5.41, 5.74) is 5.66. The van der Waals surface area contributed by atoms with Gasteiger partial charge in [0.15, 0.2) is 10.8 Å². The predicted octanol–water partition coefficient (Wildman–Crippen LogP) is 1.46. The van der Waals surface area contributed by atoms with E-state index in [1.807, 2.05) is 35.7 Å². The predicted molar refractivity (Wildman–Crippen MR) is 84.2 cm³/mol. The Balaban J connectivity index is 1.97. The largest absolute Gasteiger partial charge is 0.368 e. The highest BCUT2D eigenvalue weighted by Gasteiger charge is 2.29. The Morgan fingerprint density at radius 2 is 2.29 bits per heavy atom. The lowest BCUT2D eigenvalue weighted by molar-refractivity contribution is -0.123. The van der Waals surface area contributed by atoms with Crippen LogP contribution in [0.4, 0.5) is 0 Å². The maximum atomic E-state index is 11.6. The first kappa shape index (κ1) is 15.8. The Bertz CT molecular complexity index is 614. The van der Waals surface area contributed by atoms with Gasteiger partial charge < -0.3 is 11.1 Å². The molecule has 2 aromatic heterocycles. The molecule has 3 N–H and O–H groups in total. The molecule has 0 fully saturated rings. The van der Waals surface area contributed by atoms with E-state index < -0.39 is 5.54 Å². The highest BCUT2D eigenvalue weighted by atomic mass is 32.2. The first-order valence-electron chi connectivity index (χ1n) is 7.04. The second-order valence-electron chi connectivity index (χ2n) is 5.13. The van der Waals surface area contributed by atoms with Gasteiger partial charge in [-0.2, -0.15) is 0 Å². The first-order valence-corrected chi connectivity index (χ1v) is 8.03. The van der Waals surface area contributed by atoms with Crippen LogP contribution in [0, 0.1) is 0 Å². The molecular weight excluding hydrogens is 286 g/mol. The summed E-state index contributed by atoms with van der Waals surface area (Å²) >= 11 is 1.58. The number of amides is 1. The van der Waals surface area contributed by atoms with Gasteiger partial charge in [-0.3, -0.25) is 9.20 Å². The molecule has 1 amide bonds. The van der Waals surface area contributed by atoms with Crippen molar-refractivity contribution >= 4 is 23.3 Å². The molecule has 0 aliphatic rings. The topological polar surface area (TPSA) is 85.3 Å². The number of primary amides is 1. The van der Waals surface area contributed by atoms with E-state index in [1.165, 1.54) is 0 Å². The minimum atomic E-state index is -0.677. The number of carbonyl (C=O) groups is 1. The smallest absolute Gasteiger partial charge is 0.237 e. The van der Waals surface area contributed by atoms with Gasteiger partial charge in [0.1, 0.15) is 0 Å². The Morgan fingerprint density at radius 1 is 1.48 bits per heavy atom. The molecule has 0 aromatic carbocycles. The molecule has 0 aliphatic carbocycles. The van der Waals surface area contributed by atoms with Crippen LogP contribution in [0.5, 0.6) is 0 Å². The molecule has 2 aromatic rings. The van der Waals surface area contributed by atoms with E-state index in [9.17, 15) is 4.79 Å². The third kappa shape index (κ3) is 3.74. The van der Waals surface area contributed by atoms with Crippen LogP contribution in [-0.2, 0) is 4.79 Å². The van der Waals surface area contributed by atoms with E-state index in [2.05, 4.69) is 22.4 Å². The summed E-state index contributed by atoms with van der Waals surface area (Å²) in [6.07, 6.45) is 3.54. The number of nitrogens with zero attached hydrogens (tertiary/aromatic N) is 3. The molecule has 0 saturated heterocycles. The first-order chi connectivity index (χ1) is 10.1. The van der Waals surface area contributed by atoms with Crippen molar-refractivity contribution in [2.75, 3.05) is 12.3 Å². The number of aromatic nitrogens is 3. The Labute approximate surface area is 128 Å². The minimum Gasteiger partial charge on any atom is -0.368 e. The van der Waals surface area contributed by atoms with Crippen LogP contribution in [-0.4, -0.2) is 38.3 Å². The van der Waals surface area contributed by atoms with E-state index in [4.69, 9.17) is 5.73 Å². The minimum absolute atomic E-state index is 0.317. The zero-order valence-corrected chi connectivity index (χ0v) is 13.2. The van der Waals surface area contributed by atoms with Gasteiger partial charge in [-0.05, 0) is 38.4 Å². The average Bonchev–Trinajstić information content (AvgIpc) is 2.88. The zero-order chi connectivity index (χ0) is 15.3. The summed E-state index contributed by atoms with van der Waals surface area (Å²) in [6.45, 7) is 4.69. The number of carbonyl (C=O) groups excluding carboxylic acids is 1. The number of pyridine rings is 1. The number of nitrogens with two attached hydrogens (primary N) is 1. The normalized spacial score (nSPS) is 14.2. The second-order valence-corrected chi connectivity index (χ2v) is 6.20. The Morgan fingerprint density at radius 3 is 3.00 bits per heavy atom. The van der Waals surface area contributed by atoms with Crippen molar-refractivity contribution in [1.29, 1.82) is 0 Å². The van der Waals surface area contributed by atoms with E-state index >= 15 is 0 Å². The number of thioether (sulfide) groups is 1. The molecule has 1 atom stereocenters. The SMILES string of the molecule is CCCNC(C)(CCSc1nnc2ccccn12)C(N)=O. The highest BCUT2D eigenvalue weighted by molar-refractivity contribution is 7.99. The van der Waals surface area contributed by atoms with Gasteiger partial charge >= 0.3 is 0 Å². The van der Waals surface area contributed by atoms with Crippen molar-refractivity contribution in [1.82, 2.24) is 19.9 Å². The summed E-state index contributed by atoms with van der Waals surface area (Å²) in [7, 11) is 0. The second kappa shape index (κ2) is 6.91. The zero-order valence-electron chi connectivity index (χ0n) is 12.4. The molecule has 2 rings (SSSR count).